The molecule has 9 heteroatoms. The predicted octanol–water partition coefficient (Wildman–Crippen LogP) is 1.65. The summed E-state index contributed by atoms with van der Waals surface area (Å²) in [5.41, 5.74) is 13.0. The Labute approximate surface area is 163 Å². The summed E-state index contributed by atoms with van der Waals surface area (Å²) in [5.74, 6) is -0.712. The number of amides is 1. The molecule has 2 heterocycles. The molecule has 2 atom stereocenters. The maximum absolute atomic E-state index is 12.6. The summed E-state index contributed by atoms with van der Waals surface area (Å²) in [6.07, 6.45) is 1.07. The maximum Gasteiger partial charge on any atom is 0.311 e. The number of nitrogens with two attached hydrogens (primary N) is 2. The van der Waals surface area contributed by atoms with Crippen LogP contribution in [0.4, 0.5) is 17.6 Å². The number of carbonyl (C=O) groups excluding carboxylic acids is 2. The van der Waals surface area contributed by atoms with Crippen molar-refractivity contribution in [2.45, 2.75) is 39.2 Å². The third-order valence-corrected chi connectivity index (χ3v) is 4.89. The lowest BCUT2D eigenvalue weighted by Gasteiger charge is -2.23. The number of carbonyl (C=O) groups is 2. The Morgan fingerprint density at radius 1 is 1.25 bits per heavy atom. The molecule has 1 aliphatic heterocycles. The van der Waals surface area contributed by atoms with Gasteiger partial charge in [-0.15, -0.1) is 0 Å². The minimum absolute atomic E-state index is 0.0394. The number of esters is 1. The summed E-state index contributed by atoms with van der Waals surface area (Å²) in [4.78, 5) is 38.1. The Morgan fingerprint density at radius 2 is 1.93 bits per heavy atom. The first-order chi connectivity index (χ1) is 13.4. The molecule has 1 amide bonds. The van der Waals surface area contributed by atoms with Crippen LogP contribution in [0.3, 0.4) is 0 Å². The molecule has 148 valence electrons. The molecule has 1 aliphatic rings. The number of ether oxygens (including phenoxy) is 1. The first kappa shape index (κ1) is 19.5. The number of aromatic nitrogens is 3. The van der Waals surface area contributed by atoms with Crippen LogP contribution >= 0.6 is 0 Å². The molecule has 1 aromatic heterocycles. The minimum atomic E-state index is -0.547. The third kappa shape index (κ3) is 4.19. The van der Waals surface area contributed by atoms with Gasteiger partial charge in [-0.3, -0.25) is 9.59 Å². The fourth-order valence-electron chi connectivity index (χ4n) is 3.24. The molecule has 0 spiro atoms. The van der Waals surface area contributed by atoms with Gasteiger partial charge in [0.25, 0.3) is 0 Å². The smallest absolute Gasteiger partial charge is 0.311 e. The van der Waals surface area contributed by atoms with E-state index in [1.165, 1.54) is 0 Å². The largest absolute Gasteiger partial charge is 0.457 e. The van der Waals surface area contributed by atoms with Crippen molar-refractivity contribution in [1.82, 2.24) is 15.0 Å². The summed E-state index contributed by atoms with van der Waals surface area (Å²) >= 11 is 0. The molecule has 0 radical (unpaired) electrons. The highest BCUT2D eigenvalue weighted by Crippen LogP contribution is 2.33. The Morgan fingerprint density at radius 3 is 2.61 bits per heavy atom. The summed E-state index contributed by atoms with van der Waals surface area (Å²) in [6, 6.07) is 7.81. The first-order valence-corrected chi connectivity index (χ1v) is 9.20. The molecule has 0 saturated carbocycles. The monoisotopic (exact) mass is 384 g/mol. The second-order valence-corrected chi connectivity index (χ2v) is 6.85. The van der Waals surface area contributed by atoms with Crippen LogP contribution in [0.2, 0.25) is 0 Å². The van der Waals surface area contributed by atoms with Gasteiger partial charge < -0.3 is 21.1 Å². The first-order valence-electron chi connectivity index (χ1n) is 9.20. The van der Waals surface area contributed by atoms with E-state index in [9.17, 15) is 9.59 Å². The molecule has 4 N–H and O–H groups in total. The van der Waals surface area contributed by atoms with Gasteiger partial charge in [-0.1, -0.05) is 32.0 Å². The summed E-state index contributed by atoms with van der Waals surface area (Å²) < 4.78 is 5.27. The van der Waals surface area contributed by atoms with Gasteiger partial charge >= 0.3 is 5.97 Å². The summed E-state index contributed by atoms with van der Waals surface area (Å²) in [6.45, 7) is 4.34. The summed E-state index contributed by atoms with van der Waals surface area (Å²) in [5, 5.41) is 0. The highest BCUT2D eigenvalue weighted by molar-refractivity contribution is 6.00. The van der Waals surface area contributed by atoms with Crippen LogP contribution in [0, 0.1) is 5.92 Å². The van der Waals surface area contributed by atoms with Crippen molar-refractivity contribution in [3.63, 3.8) is 0 Å². The van der Waals surface area contributed by atoms with Gasteiger partial charge in [0.2, 0.25) is 17.8 Å². The van der Waals surface area contributed by atoms with E-state index >= 15 is 0 Å². The predicted molar refractivity (Wildman–Crippen MR) is 104 cm³/mol. The van der Waals surface area contributed by atoms with E-state index in [1.807, 2.05) is 24.3 Å². The van der Waals surface area contributed by atoms with Gasteiger partial charge in [0.05, 0.1) is 5.92 Å². The molecule has 1 fully saturated rings. The molecule has 2 aromatic rings. The van der Waals surface area contributed by atoms with Crippen molar-refractivity contribution in [3.05, 3.63) is 35.7 Å². The quantitative estimate of drug-likeness (QED) is 0.717. The fraction of sp³-hybridized carbons (Fsp3) is 0.421. The van der Waals surface area contributed by atoms with Gasteiger partial charge in [-0.2, -0.15) is 15.0 Å². The molecule has 0 unspecified atom stereocenters. The van der Waals surface area contributed by atoms with E-state index < -0.39 is 11.9 Å². The third-order valence-electron chi connectivity index (χ3n) is 4.89. The Kier molecular flexibility index (Phi) is 5.72. The maximum atomic E-state index is 12.6. The van der Waals surface area contributed by atoms with Crippen LogP contribution in [-0.4, -0.2) is 33.4 Å². The topological polar surface area (TPSA) is 137 Å². The molecule has 0 bridgehead atoms. The zero-order valence-electron chi connectivity index (χ0n) is 16.0. The lowest BCUT2D eigenvalue weighted by atomic mass is 9.96. The number of hydrogen-bond donors (Lipinski definition) is 2. The lowest BCUT2D eigenvalue weighted by Crippen LogP contribution is -2.27. The van der Waals surface area contributed by atoms with Crippen molar-refractivity contribution >= 4 is 29.5 Å². The van der Waals surface area contributed by atoms with Crippen molar-refractivity contribution in [1.29, 1.82) is 0 Å². The molecule has 3 rings (SSSR count). The molecule has 1 aromatic carbocycles. The van der Waals surface area contributed by atoms with E-state index in [2.05, 4.69) is 28.8 Å². The molecule has 0 aliphatic carbocycles. The van der Waals surface area contributed by atoms with Crippen LogP contribution in [0.1, 0.15) is 44.0 Å². The number of hydrogen-bond acceptors (Lipinski definition) is 8. The zero-order valence-corrected chi connectivity index (χ0v) is 16.0. The normalized spacial score (nSPS) is 17.6. The second-order valence-electron chi connectivity index (χ2n) is 6.85. The van der Waals surface area contributed by atoms with E-state index in [1.54, 1.807) is 4.90 Å². The zero-order chi connectivity index (χ0) is 20.3. The van der Waals surface area contributed by atoms with E-state index in [0.717, 1.165) is 17.7 Å². The lowest BCUT2D eigenvalue weighted by molar-refractivity contribution is -0.149. The molecule has 1 saturated heterocycles. The number of benzene rings is 1. The molecular formula is C19H24N6O3. The van der Waals surface area contributed by atoms with E-state index in [-0.39, 0.29) is 43.2 Å². The van der Waals surface area contributed by atoms with Gasteiger partial charge in [-0.05, 0) is 24.0 Å². The van der Waals surface area contributed by atoms with Crippen molar-refractivity contribution in [2.24, 2.45) is 5.92 Å². The Hall–Kier alpha value is -3.23. The highest BCUT2D eigenvalue weighted by Gasteiger charge is 2.37. The van der Waals surface area contributed by atoms with Crippen LogP contribution in [-0.2, 0) is 20.9 Å². The molecule has 28 heavy (non-hydrogen) atoms. The van der Waals surface area contributed by atoms with Gasteiger partial charge in [-0.25, -0.2) is 0 Å². The van der Waals surface area contributed by atoms with Crippen LogP contribution < -0.4 is 16.4 Å². The van der Waals surface area contributed by atoms with Crippen molar-refractivity contribution < 1.29 is 14.3 Å². The number of nitrogen functional groups attached to an aromatic ring is 2. The van der Waals surface area contributed by atoms with Crippen molar-refractivity contribution in [3.8, 4) is 0 Å². The van der Waals surface area contributed by atoms with Crippen molar-refractivity contribution in [2.75, 3.05) is 22.9 Å². The average Bonchev–Trinajstić information content (AvgIpc) is 3.06. The Balaban J connectivity index is 1.68. The van der Waals surface area contributed by atoms with Crippen LogP contribution in [0.25, 0.3) is 0 Å². The summed E-state index contributed by atoms with van der Waals surface area (Å²) in [7, 11) is 0. The van der Waals surface area contributed by atoms with E-state index in [0.29, 0.717) is 5.92 Å². The van der Waals surface area contributed by atoms with Crippen LogP contribution in [0.5, 0.6) is 0 Å². The number of rotatable bonds is 6. The minimum Gasteiger partial charge on any atom is -0.457 e. The standard InChI is InChI=1S/C19H24N6O3/c1-3-11(2)13-6-4-5-7-14(13)25-9-12(8-16(25)26)17(27)28-10-15-22-18(20)24-19(21)23-15/h4-7,11-12H,3,8-10H2,1-2H3,(H4,20,21,22,23,24)/t11-,12+/m1/s1. The number of para-hydroxylation sites is 1. The second kappa shape index (κ2) is 8.20. The fourth-order valence-corrected chi connectivity index (χ4v) is 3.24. The number of nitrogens with zero attached hydrogens (tertiary/aromatic N) is 4. The highest BCUT2D eigenvalue weighted by atomic mass is 16.5. The van der Waals surface area contributed by atoms with E-state index in [4.69, 9.17) is 16.2 Å². The average molecular weight is 384 g/mol. The van der Waals surface area contributed by atoms with Crippen LogP contribution in [0.15, 0.2) is 24.3 Å². The Bertz CT molecular complexity index is 867. The van der Waals surface area contributed by atoms with Gasteiger partial charge in [0.1, 0.15) is 0 Å². The van der Waals surface area contributed by atoms with Gasteiger partial charge in [0, 0.05) is 18.7 Å². The molecule has 9 nitrogen and oxygen atoms in total. The van der Waals surface area contributed by atoms with Gasteiger partial charge in [0.15, 0.2) is 12.4 Å². The SMILES string of the molecule is CC[C@@H](C)c1ccccc1N1C[C@@H](C(=O)OCc2nc(N)nc(N)n2)CC1=O. The molecular weight excluding hydrogens is 360 g/mol. The number of anilines is 3.